The number of aryl methyl sites for hydroxylation is 2. The summed E-state index contributed by atoms with van der Waals surface area (Å²) in [6.07, 6.45) is 3.48. The van der Waals surface area contributed by atoms with Crippen molar-refractivity contribution in [2.24, 2.45) is 5.92 Å². The van der Waals surface area contributed by atoms with Crippen molar-refractivity contribution in [2.45, 2.75) is 57.9 Å². The van der Waals surface area contributed by atoms with Crippen molar-refractivity contribution >= 4 is 27.5 Å². The minimum atomic E-state index is -3.65. The molecule has 0 radical (unpaired) electrons. The van der Waals surface area contributed by atoms with Crippen molar-refractivity contribution < 1.29 is 13.2 Å². The maximum atomic E-state index is 13.1. The van der Waals surface area contributed by atoms with Gasteiger partial charge >= 0.3 is 0 Å². The Balaban J connectivity index is 1.79. The molecule has 31 heavy (non-hydrogen) atoms. The number of sulfonamides is 1. The molecule has 168 valence electrons. The number of amides is 1. The zero-order valence-corrected chi connectivity index (χ0v) is 20.0. The summed E-state index contributed by atoms with van der Waals surface area (Å²) in [7, 11) is -3.65. The van der Waals surface area contributed by atoms with Crippen LogP contribution in [0.3, 0.4) is 0 Å². The molecule has 1 amide bonds. The number of piperidine rings is 1. The van der Waals surface area contributed by atoms with E-state index in [2.05, 4.69) is 44.3 Å². The molecule has 1 heterocycles. The molecule has 1 fully saturated rings. The van der Waals surface area contributed by atoms with Crippen molar-refractivity contribution in [2.75, 3.05) is 13.1 Å². The van der Waals surface area contributed by atoms with Crippen LogP contribution in [0.15, 0.2) is 41.3 Å². The van der Waals surface area contributed by atoms with Gasteiger partial charge < -0.3 is 5.32 Å². The Bertz CT molecular complexity index is 1040. The summed E-state index contributed by atoms with van der Waals surface area (Å²) in [5.74, 6) is 0.149. The van der Waals surface area contributed by atoms with E-state index in [9.17, 15) is 13.2 Å². The number of benzene rings is 2. The van der Waals surface area contributed by atoms with E-state index in [4.69, 9.17) is 11.6 Å². The van der Waals surface area contributed by atoms with Crippen molar-refractivity contribution in [1.29, 1.82) is 0 Å². The van der Waals surface area contributed by atoms with E-state index in [-0.39, 0.29) is 21.4 Å². The van der Waals surface area contributed by atoms with E-state index in [0.717, 1.165) is 31.2 Å². The van der Waals surface area contributed by atoms with Gasteiger partial charge in [-0.05, 0) is 66.5 Å². The molecule has 0 bridgehead atoms. The maximum absolute atomic E-state index is 13.1. The molecule has 3 rings (SSSR count). The number of carbonyl (C=O) groups excluding carboxylic acids is 1. The van der Waals surface area contributed by atoms with Gasteiger partial charge in [-0.1, -0.05) is 50.6 Å². The normalized spacial score (nSPS) is 15.7. The predicted octanol–water partition coefficient (Wildman–Crippen LogP) is 4.82. The van der Waals surface area contributed by atoms with Crippen LogP contribution in [0.1, 0.15) is 60.7 Å². The second-order valence-corrected chi connectivity index (χ2v) is 10.6. The molecule has 0 aliphatic carbocycles. The van der Waals surface area contributed by atoms with Gasteiger partial charge in [0.15, 0.2) is 0 Å². The molecular formula is C24H31ClN2O3S. The molecule has 1 saturated heterocycles. The zero-order valence-electron chi connectivity index (χ0n) is 18.4. The van der Waals surface area contributed by atoms with Crippen LogP contribution in [-0.2, 0) is 29.4 Å². The fraction of sp³-hybridized carbons (Fsp3) is 0.458. The standard InChI is InChI=1S/C24H31ClN2O3S/c1-4-18-6-7-19(5-2)20(14-18)16-26-24(28)22-15-21(8-9-23(22)25)31(29,30)27-12-10-17(3)11-13-27/h6-9,14-15,17H,4-5,10-13,16H2,1-3H3,(H,26,28). The van der Waals surface area contributed by atoms with Crippen LogP contribution >= 0.6 is 11.6 Å². The monoisotopic (exact) mass is 462 g/mol. The fourth-order valence-electron chi connectivity index (χ4n) is 3.89. The molecule has 0 saturated carbocycles. The van der Waals surface area contributed by atoms with Gasteiger partial charge in [0.05, 0.1) is 15.5 Å². The summed E-state index contributed by atoms with van der Waals surface area (Å²) in [6.45, 7) is 7.68. The zero-order chi connectivity index (χ0) is 22.6. The highest BCUT2D eigenvalue weighted by Gasteiger charge is 2.29. The first-order valence-electron chi connectivity index (χ1n) is 10.9. The van der Waals surface area contributed by atoms with E-state index in [1.54, 1.807) is 0 Å². The number of hydrogen-bond acceptors (Lipinski definition) is 3. The number of nitrogens with one attached hydrogen (secondary N) is 1. The van der Waals surface area contributed by atoms with Crippen molar-refractivity contribution in [3.63, 3.8) is 0 Å². The molecule has 1 aliphatic rings. The Kier molecular flexibility index (Phi) is 7.78. The van der Waals surface area contributed by atoms with Gasteiger partial charge in [-0.2, -0.15) is 4.31 Å². The third kappa shape index (κ3) is 5.48. The first-order valence-corrected chi connectivity index (χ1v) is 12.8. The highest BCUT2D eigenvalue weighted by Crippen LogP contribution is 2.26. The summed E-state index contributed by atoms with van der Waals surface area (Å²) >= 11 is 6.26. The molecule has 7 heteroatoms. The quantitative estimate of drug-likeness (QED) is 0.641. The Morgan fingerprint density at radius 2 is 1.77 bits per heavy atom. The molecule has 2 aromatic carbocycles. The molecular weight excluding hydrogens is 432 g/mol. The van der Waals surface area contributed by atoms with Crippen LogP contribution in [0.4, 0.5) is 0 Å². The second kappa shape index (κ2) is 10.2. The summed E-state index contributed by atoms with van der Waals surface area (Å²) < 4.78 is 27.6. The van der Waals surface area contributed by atoms with E-state index < -0.39 is 10.0 Å². The van der Waals surface area contributed by atoms with Gasteiger partial charge in [0, 0.05) is 19.6 Å². The Morgan fingerprint density at radius 1 is 1.06 bits per heavy atom. The molecule has 0 aromatic heterocycles. The van der Waals surface area contributed by atoms with Crippen LogP contribution in [0.2, 0.25) is 5.02 Å². The van der Waals surface area contributed by atoms with Gasteiger partial charge in [0.1, 0.15) is 0 Å². The van der Waals surface area contributed by atoms with Crippen LogP contribution < -0.4 is 5.32 Å². The third-order valence-electron chi connectivity index (χ3n) is 6.06. The predicted molar refractivity (Wildman–Crippen MR) is 125 cm³/mol. The lowest BCUT2D eigenvalue weighted by Crippen LogP contribution is -2.38. The van der Waals surface area contributed by atoms with Crippen LogP contribution in [0.5, 0.6) is 0 Å². The summed E-state index contributed by atoms with van der Waals surface area (Å²) in [5, 5.41) is 3.15. The Labute approximate surface area is 190 Å². The third-order valence-corrected chi connectivity index (χ3v) is 8.29. The van der Waals surface area contributed by atoms with Gasteiger partial charge in [-0.15, -0.1) is 0 Å². The van der Waals surface area contributed by atoms with E-state index in [1.807, 2.05) is 0 Å². The molecule has 1 aliphatic heterocycles. The number of nitrogens with zero attached hydrogens (tertiary/aromatic N) is 1. The maximum Gasteiger partial charge on any atom is 0.253 e. The SMILES string of the molecule is CCc1ccc(CC)c(CNC(=O)c2cc(S(=O)(=O)N3CCC(C)CC3)ccc2Cl)c1. The average molecular weight is 463 g/mol. The van der Waals surface area contributed by atoms with Gasteiger partial charge in [0.2, 0.25) is 10.0 Å². The second-order valence-electron chi connectivity index (χ2n) is 8.22. The summed E-state index contributed by atoms with van der Waals surface area (Å²) in [5.41, 5.74) is 3.64. The lowest BCUT2D eigenvalue weighted by molar-refractivity contribution is 0.0950. The molecule has 0 atom stereocenters. The fourth-order valence-corrected chi connectivity index (χ4v) is 5.59. The highest BCUT2D eigenvalue weighted by atomic mass is 35.5. The minimum Gasteiger partial charge on any atom is -0.348 e. The largest absolute Gasteiger partial charge is 0.348 e. The van der Waals surface area contributed by atoms with Crippen LogP contribution in [-0.4, -0.2) is 31.7 Å². The Morgan fingerprint density at radius 3 is 2.42 bits per heavy atom. The van der Waals surface area contributed by atoms with Crippen molar-refractivity contribution in [3.8, 4) is 0 Å². The van der Waals surface area contributed by atoms with Gasteiger partial charge in [-0.3, -0.25) is 4.79 Å². The van der Waals surface area contributed by atoms with Crippen LogP contribution in [0.25, 0.3) is 0 Å². The van der Waals surface area contributed by atoms with E-state index >= 15 is 0 Å². The summed E-state index contributed by atoms with van der Waals surface area (Å²) in [6, 6.07) is 10.7. The molecule has 0 unspecified atom stereocenters. The van der Waals surface area contributed by atoms with Gasteiger partial charge in [0.25, 0.3) is 5.91 Å². The first kappa shape index (κ1) is 23.8. The summed E-state index contributed by atoms with van der Waals surface area (Å²) in [4.78, 5) is 13.0. The lowest BCUT2D eigenvalue weighted by Gasteiger charge is -2.29. The highest BCUT2D eigenvalue weighted by molar-refractivity contribution is 7.89. The van der Waals surface area contributed by atoms with E-state index in [1.165, 1.54) is 33.6 Å². The lowest BCUT2D eigenvalue weighted by atomic mass is 10.0. The van der Waals surface area contributed by atoms with Crippen molar-refractivity contribution in [3.05, 3.63) is 63.7 Å². The number of hydrogen-bond donors (Lipinski definition) is 1. The topological polar surface area (TPSA) is 66.5 Å². The first-order chi connectivity index (χ1) is 14.8. The van der Waals surface area contributed by atoms with Crippen LogP contribution in [0, 0.1) is 5.92 Å². The van der Waals surface area contributed by atoms with E-state index in [0.29, 0.717) is 25.6 Å². The smallest absolute Gasteiger partial charge is 0.253 e. The number of carbonyl (C=O) groups is 1. The molecule has 5 nitrogen and oxygen atoms in total. The minimum absolute atomic E-state index is 0.110. The Hall–Kier alpha value is -1.89. The number of halogens is 1. The molecule has 2 aromatic rings. The van der Waals surface area contributed by atoms with Gasteiger partial charge in [-0.25, -0.2) is 8.42 Å². The molecule has 0 spiro atoms. The number of rotatable bonds is 7. The molecule has 1 N–H and O–H groups in total. The van der Waals surface area contributed by atoms with Crippen molar-refractivity contribution in [1.82, 2.24) is 9.62 Å². The average Bonchev–Trinajstić information content (AvgIpc) is 2.77.